The molecular weight excluding hydrogens is 432 g/mol. The lowest BCUT2D eigenvalue weighted by molar-refractivity contribution is -0.127. The number of carbonyl (C=O) groups excluding carboxylic acids is 3. The molecule has 1 atom stereocenters. The van der Waals surface area contributed by atoms with Crippen molar-refractivity contribution in [2.24, 2.45) is 5.92 Å². The highest BCUT2D eigenvalue weighted by Crippen LogP contribution is 2.27. The fourth-order valence-corrected chi connectivity index (χ4v) is 4.50. The molecule has 0 spiro atoms. The Balaban J connectivity index is 1.21. The van der Waals surface area contributed by atoms with Crippen molar-refractivity contribution in [2.45, 2.75) is 32.2 Å². The second kappa shape index (κ2) is 11.2. The molecule has 3 amide bonds. The Morgan fingerprint density at radius 3 is 2.41 bits per heavy atom. The predicted octanol–water partition coefficient (Wildman–Crippen LogP) is 2.66. The van der Waals surface area contributed by atoms with Gasteiger partial charge in [-0.1, -0.05) is 18.2 Å². The molecule has 180 valence electrons. The van der Waals surface area contributed by atoms with E-state index in [4.69, 9.17) is 4.74 Å². The van der Waals surface area contributed by atoms with E-state index in [1.165, 1.54) is 0 Å². The number of ether oxygens (including phenoxy) is 1. The molecule has 2 aromatic rings. The van der Waals surface area contributed by atoms with Crippen LogP contribution in [0.3, 0.4) is 0 Å². The average Bonchev–Trinajstić information content (AvgIpc) is 3.23. The Bertz CT molecular complexity index is 988. The number of carbonyl (C=O) groups is 3. The Kier molecular flexibility index (Phi) is 7.80. The van der Waals surface area contributed by atoms with Crippen LogP contribution in [0.5, 0.6) is 5.75 Å². The van der Waals surface area contributed by atoms with E-state index in [2.05, 4.69) is 15.5 Å². The summed E-state index contributed by atoms with van der Waals surface area (Å²) >= 11 is 0. The van der Waals surface area contributed by atoms with Crippen molar-refractivity contribution in [3.05, 3.63) is 54.6 Å². The summed E-state index contributed by atoms with van der Waals surface area (Å²) in [5.74, 6) is 0.267. The Hall–Kier alpha value is -3.39. The molecule has 2 aromatic carbocycles. The molecule has 2 fully saturated rings. The van der Waals surface area contributed by atoms with Crippen LogP contribution >= 0.6 is 0 Å². The van der Waals surface area contributed by atoms with Crippen molar-refractivity contribution in [3.63, 3.8) is 0 Å². The SMILES string of the molecule is CCOc1ccc(N2C[C@@H](C(=O)NC3CCN(CC(=O)Nc4ccccc4)CC3)CC2=O)cc1. The van der Waals surface area contributed by atoms with Crippen LogP contribution in [0.15, 0.2) is 54.6 Å². The number of nitrogens with one attached hydrogen (secondary N) is 2. The lowest BCUT2D eigenvalue weighted by atomic mass is 10.0. The lowest BCUT2D eigenvalue weighted by Crippen LogP contribution is -2.48. The smallest absolute Gasteiger partial charge is 0.238 e. The van der Waals surface area contributed by atoms with Gasteiger partial charge in [0.25, 0.3) is 0 Å². The maximum absolute atomic E-state index is 12.9. The van der Waals surface area contributed by atoms with Gasteiger partial charge in [-0.2, -0.15) is 0 Å². The van der Waals surface area contributed by atoms with Crippen LogP contribution in [0.25, 0.3) is 0 Å². The fraction of sp³-hybridized carbons (Fsp3) is 0.423. The van der Waals surface area contributed by atoms with Gasteiger partial charge in [0.05, 0.1) is 19.1 Å². The zero-order valence-electron chi connectivity index (χ0n) is 19.5. The molecule has 0 aliphatic carbocycles. The third kappa shape index (κ3) is 6.14. The van der Waals surface area contributed by atoms with Crippen molar-refractivity contribution in [1.82, 2.24) is 10.2 Å². The zero-order chi connectivity index (χ0) is 23.9. The summed E-state index contributed by atoms with van der Waals surface area (Å²) in [5.41, 5.74) is 1.57. The van der Waals surface area contributed by atoms with Gasteiger partial charge in [0.15, 0.2) is 0 Å². The van der Waals surface area contributed by atoms with Crippen molar-refractivity contribution >= 4 is 29.1 Å². The molecule has 0 radical (unpaired) electrons. The summed E-state index contributed by atoms with van der Waals surface area (Å²) in [6.45, 7) is 4.72. The molecule has 8 heteroatoms. The number of anilines is 2. The third-order valence-corrected chi connectivity index (χ3v) is 6.31. The monoisotopic (exact) mass is 464 g/mol. The van der Waals surface area contributed by atoms with Gasteiger partial charge in [0.1, 0.15) is 5.75 Å². The lowest BCUT2D eigenvalue weighted by Gasteiger charge is -2.32. The van der Waals surface area contributed by atoms with Crippen LogP contribution in [-0.2, 0) is 14.4 Å². The number of likely N-dealkylation sites (tertiary alicyclic amines) is 1. The summed E-state index contributed by atoms with van der Waals surface area (Å²) in [4.78, 5) is 41.4. The molecule has 0 unspecified atom stereocenters. The maximum Gasteiger partial charge on any atom is 0.238 e. The summed E-state index contributed by atoms with van der Waals surface area (Å²) in [6.07, 6.45) is 1.79. The highest BCUT2D eigenvalue weighted by Gasteiger charge is 2.36. The first-order valence-corrected chi connectivity index (χ1v) is 11.9. The van der Waals surface area contributed by atoms with E-state index in [1.807, 2.05) is 61.5 Å². The highest BCUT2D eigenvalue weighted by molar-refractivity contribution is 6.00. The second-order valence-corrected chi connectivity index (χ2v) is 8.81. The molecule has 0 saturated carbocycles. The number of rotatable bonds is 8. The standard InChI is InChI=1S/C26H32N4O4/c1-2-34-23-10-8-22(9-11-23)30-17-19(16-25(30)32)26(33)28-21-12-14-29(15-13-21)18-24(31)27-20-6-4-3-5-7-20/h3-11,19,21H,2,12-18H2,1H3,(H,27,31)(H,28,33)/t19-/m0/s1. The van der Waals surface area contributed by atoms with Crippen LogP contribution in [0.4, 0.5) is 11.4 Å². The van der Waals surface area contributed by atoms with Crippen molar-refractivity contribution in [3.8, 4) is 5.75 Å². The fourth-order valence-electron chi connectivity index (χ4n) is 4.50. The normalized spacial score (nSPS) is 19.1. The van der Waals surface area contributed by atoms with E-state index in [0.717, 1.165) is 43.1 Å². The van der Waals surface area contributed by atoms with Gasteiger partial charge < -0.3 is 20.3 Å². The quantitative estimate of drug-likeness (QED) is 0.627. The number of hydrogen-bond acceptors (Lipinski definition) is 5. The van der Waals surface area contributed by atoms with Crippen LogP contribution in [0, 0.1) is 5.92 Å². The van der Waals surface area contributed by atoms with E-state index >= 15 is 0 Å². The Labute approximate surface area is 200 Å². The van der Waals surface area contributed by atoms with Crippen LogP contribution in [0.1, 0.15) is 26.2 Å². The van der Waals surface area contributed by atoms with Gasteiger partial charge in [-0.15, -0.1) is 0 Å². The molecule has 2 saturated heterocycles. The van der Waals surface area contributed by atoms with Gasteiger partial charge in [-0.3, -0.25) is 19.3 Å². The number of hydrogen-bond donors (Lipinski definition) is 2. The summed E-state index contributed by atoms with van der Waals surface area (Å²) < 4.78 is 5.46. The van der Waals surface area contributed by atoms with Crippen molar-refractivity contribution in [2.75, 3.05) is 43.0 Å². The minimum Gasteiger partial charge on any atom is -0.494 e. The summed E-state index contributed by atoms with van der Waals surface area (Å²) in [7, 11) is 0. The second-order valence-electron chi connectivity index (χ2n) is 8.81. The molecule has 34 heavy (non-hydrogen) atoms. The molecule has 2 aliphatic rings. The Morgan fingerprint density at radius 1 is 1.03 bits per heavy atom. The number of amides is 3. The number of piperidine rings is 1. The molecular formula is C26H32N4O4. The van der Waals surface area contributed by atoms with E-state index < -0.39 is 0 Å². The minimum atomic E-state index is -0.353. The van der Waals surface area contributed by atoms with Crippen LogP contribution in [-0.4, -0.2) is 61.4 Å². The largest absolute Gasteiger partial charge is 0.494 e. The van der Waals surface area contributed by atoms with Gasteiger partial charge in [0.2, 0.25) is 17.7 Å². The molecule has 0 aromatic heterocycles. The zero-order valence-corrected chi connectivity index (χ0v) is 19.5. The third-order valence-electron chi connectivity index (χ3n) is 6.31. The molecule has 4 rings (SSSR count). The average molecular weight is 465 g/mol. The van der Waals surface area contributed by atoms with Crippen molar-refractivity contribution < 1.29 is 19.1 Å². The van der Waals surface area contributed by atoms with Crippen molar-refractivity contribution in [1.29, 1.82) is 0 Å². The summed E-state index contributed by atoms with van der Waals surface area (Å²) in [5, 5.41) is 6.03. The molecule has 2 aliphatic heterocycles. The first kappa shape index (κ1) is 23.8. The Morgan fingerprint density at radius 2 is 1.74 bits per heavy atom. The van der Waals surface area contributed by atoms with Crippen LogP contribution in [0.2, 0.25) is 0 Å². The van der Waals surface area contributed by atoms with E-state index in [9.17, 15) is 14.4 Å². The highest BCUT2D eigenvalue weighted by atomic mass is 16.5. The molecule has 0 bridgehead atoms. The molecule has 8 nitrogen and oxygen atoms in total. The maximum atomic E-state index is 12.9. The van der Waals surface area contributed by atoms with Gasteiger partial charge in [0, 0.05) is 43.5 Å². The number of nitrogens with zero attached hydrogens (tertiary/aromatic N) is 2. The predicted molar refractivity (Wildman–Crippen MR) is 131 cm³/mol. The minimum absolute atomic E-state index is 0.0347. The molecule has 2 heterocycles. The summed E-state index contributed by atoms with van der Waals surface area (Å²) in [6, 6.07) is 16.9. The van der Waals surface area contributed by atoms with E-state index in [1.54, 1.807) is 4.90 Å². The van der Waals surface area contributed by atoms with Gasteiger partial charge >= 0.3 is 0 Å². The first-order chi connectivity index (χ1) is 16.5. The van der Waals surface area contributed by atoms with Gasteiger partial charge in [-0.25, -0.2) is 0 Å². The van der Waals surface area contributed by atoms with Crippen LogP contribution < -0.4 is 20.3 Å². The van der Waals surface area contributed by atoms with E-state index in [-0.39, 0.29) is 36.1 Å². The van der Waals surface area contributed by atoms with E-state index in [0.29, 0.717) is 19.7 Å². The molecule has 2 N–H and O–H groups in total. The number of para-hydroxylation sites is 1. The first-order valence-electron chi connectivity index (χ1n) is 11.9. The van der Waals surface area contributed by atoms with Gasteiger partial charge in [-0.05, 0) is 56.2 Å². The number of benzene rings is 2. The topological polar surface area (TPSA) is 91.0 Å².